The van der Waals surface area contributed by atoms with Crippen molar-refractivity contribution < 1.29 is 0 Å². The van der Waals surface area contributed by atoms with Crippen molar-refractivity contribution in [2.75, 3.05) is 0 Å². The molecule has 0 aromatic rings. The van der Waals surface area contributed by atoms with Gasteiger partial charge in [0.15, 0.2) is 0 Å². The molecule has 0 aliphatic rings. The van der Waals surface area contributed by atoms with Crippen molar-refractivity contribution in [3.8, 4) is 0 Å². The summed E-state index contributed by atoms with van der Waals surface area (Å²) >= 11 is 5.22. The average Bonchev–Trinajstić information content (AvgIpc) is 1.46. The molecule has 0 bridgehead atoms. The molecule has 0 saturated heterocycles. The van der Waals surface area contributed by atoms with Gasteiger partial charge in [0.1, 0.15) is 0 Å². The first-order valence-electron chi connectivity index (χ1n) is 1.31. The molecule has 0 fully saturated rings. The van der Waals surface area contributed by atoms with E-state index >= 15 is 0 Å². The number of rotatable bonds is 0. The molecule has 0 amide bonds. The van der Waals surface area contributed by atoms with Crippen molar-refractivity contribution in [2.24, 2.45) is 0 Å². The fourth-order valence-corrected chi connectivity index (χ4v) is 0. The number of hydrogen-bond donors (Lipinski definition) is 0. The van der Waals surface area contributed by atoms with Crippen LogP contribution in [0.3, 0.4) is 0 Å². The second-order valence-corrected chi connectivity index (χ2v) is 17.6. The molecule has 0 rings (SSSR count). The van der Waals surface area contributed by atoms with Crippen LogP contribution in [0.5, 0.6) is 0 Å². The first-order chi connectivity index (χ1) is 2.41. The van der Waals surface area contributed by atoms with Crippen LogP contribution in [0.2, 0.25) is 6.55 Å². The van der Waals surface area contributed by atoms with Gasteiger partial charge in [-0.1, -0.05) is 6.55 Å². The summed E-state index contributed by atoms with van der Waals surface area (Å²) in [6, 6.07) is 0. The minimum atomic E-state index is 0.410. The Morgan fingerprint density at radius 3 is 1.40 bits per heavy atom. The summed E-state index contributed by atoms with van der Waals surface area (Å²) in [5.41, 5.74) is 0. The van der Waals surface area contributed by atoms with Gasteiger partial charge >= 0.3 is 50.5 Å². The van der Waals surface area contributed by atoms with Crippen molar-refractivity contribution in [1.82, 2.24) is 0 Å². The first kappa shape index (κ1) is 10.4. The summed E-state index contributed by atoms with van der Waals surface area (Å²) in [7, 11) is 1.31. The molecule has 0 aromatic carbocycles. The van der Waals surface area contributed by atoms with E-state index in [-0.39, 0.29) is 0 Å². The molecule has 5 heavy (non-hydrogen) atoms. The summed E-state index contributed by atoms with van der Waals surface area (Å²) in [6.45, 7) is 2.14. The van der Waals surface area contributed by atoms with Crippen molar-refractivity contribution >= 4 is 60.7 Å². The Labute approximate surface area is 65.9 Å². The standard InChI is InChI=1S/CH6Si.HI3/c1-2;1-3-2/h1-2H3;3H. The summed E-state index contributed by atoms with van der Waals surface area (Å²) in [4.78, 5) is 0. The van der Waals surface area contributed by atoms with E-state index < -0.39 is 0 Å². The van der Waals surface area contributed by atoms with E-state index in [9.17, 15) is 0 Å². The van der Waals surface area contributed by atoms with Gasteiger partial charge in [-0.15, -0.1) is 0 Å². The molecule has 0 radical (unpaired) electrons. The minimum absolute atomic E-state index is 0.410. The predicted molar refractivity (Wildman–Crippen MR) is 59.3 cm³/mol. The molecule has 4 heteroatoms. The number of halogens is 3. The van der Waals surface area contributed by atoms with Gasteiger partial charge in [-0.3, -0.25) is 0 Å². The Bertz CT molecular complexity index is 6.85. The Kier molecular flexibility index (Phi) is 33.6. The van der Waals surface area contributed by atoms with Gasteiger partial charge in [0.25, 0.3) is 0 Å². The van der Waals surface area contributed by atoms with E-state index in [1.807, 2.05) is 0 Å². The summed E-state index contributed by atoms with van der Waals surface area (Å²) in [6.07, 6.45) is 0. The van der Waals surface area contributed by atoms with E-state index in [4.69, 9.17) is 0 Å². The zero-order valence-corrected chi connectivity index (χ0v) is 11.8. The van der Waals surface area contributed by atoms with Gasteiger partial charge in [-0.25, -0.2) is 0 Å². The van der Waals surface area contributed by atoms with Crippen LogP contribution in [0.25, 0.3) is 0 Å². The third-order valence-corrected chi connectivity index (χ3v) is 0. The fourth-order valence-electron chi connectivity index (χ4n) is 0. The van der Waals surface area contributed by atoms with Gasteiger partial charge in [0.2, 0.25) is 0 Å². The molecule has 36 valence electrons. The first-order valence-corrected chi connectivity index (χ1v) is 16.9. The van der Waals surface area contributed by atoms with E-state index in [1.54, 1.807) is 0 Å². The average molecular weight is 428 g/mol. The molecule has 0 spiro atoms. The van der Waals surface area contributed by atoms with Crippen molar-refractivity contribution in [2.45, 2.75) is 6.55 Å². The summed E-state index contributed by atoms with van der Waals surface area (Å²) < 4.78 is 0. The van der Waals surface area contributed by atoms with Crippen LogP contribution in [0.15, 0.2) is 0 Å². The SMILES string of the molecule is C[SiH3].I[IH]I. The molecule has 0 nitrogen and oxygen atoms in total. The van der Waals surface area contributed by atoms with Crippen LogP contribution in [-0.4, -0.2) is 10.2 Å². The molecular weight excluding hydrogens is 421 g/mol. The van der Waals surface area contributed by atoms with Crippen LogP contribution in [0.1, 0.15) is 0 Å². The third kappa shape index (κ3) is 21.5. The van der Waals surface area contributed by atoms with E-state index in [0.29, 0.717) is 13.3 Å². The molecule has 0 N–H and O–H groups in total. The van der Waals surface area contributed by atoms with Gasteiger partial charge < -0.3 is 0 Å². The monoisotopic (exact) mass is 428 g/mol. The van der Waals surface area contributed by atoms with Crippen molar-refractivity contribution in [3.63, 3.8) is 0 Å². The molecule has 0 aliphatic carbocycles. The van der Waals surface area contributed by atoms with Crippen LogP contribution >= 0.6 is 50.5 Å². The normalized spacial score (nSPS) is 6.20. The van der Waals surface area contributed by atoms with Crippen LogP contribution < -0.4 is 0 Å². The predicted octanol–water partition coefficient (Wildman–Crippen LogP) is 1.79. The van der Waals surface area contributed by atoms with Crippen LogP contribution in [0.4, 0.5) is 0 Å². The number of hydrogen-bond acceptors (Lipinski definition) is 0. The summed E-state index contributed by atoms with van der Waals surface area (Å²) in [5.74, 6) is 0. The van der Waals surface area contributed by atoms with E-state index in [2.05, 4.69) is 43.8 Å². The maximum absolute atomic E-state index is 2.41. The second-order valence-electron chi connectivity index (χ2n) is 0.0583. The molecule has 0 aromatic heterocycles. The zero-order chi connectivity index (χ0) is 4.71. The van der Waals surface area contributed by atoms with Crippen molar-refractivity contribution in [1.29, 1.82) is 0 Å². The van der Waals surface area contributed by atoms with Crippen molar-refractivity contribution in [3.05, 3.63) is 0 Å². The second kappa shape index (κ2) is 16.1. The molecule has 0 aliphatic heterocycles. The Morgan fingerprint density at radius 2 is 1.40 bits per heavy atom. The molecular formula is CH7I3Si. The molecule has 0 saturated carbocycles. The van der Waals surface area contributed by atoms with E-state index in [1.165, 1.54) is 10.2 Å². The van der Waals surface area contributed by atoms with Gasteiger partial charge in [0, 0.05) is 0 Å². The Morgan fingerprint density at radius 1 is 1.40 bits per heavy atom. The van der Waals surface area contributed by atoms with Gasteiger partial charge in [0.05, 0.1) is 0 Å². The third-order valence-electron chi connectivity index (χ3n) is 0. The Balaban J connectivity index is 0. The van der Waals surface area contributed by atoms with Gasteiger partial charge in [-0.2, -0.15) is 0 Å². The molecule has 0 unspecified atom stereocenters. The topological polar surface area (TPSA) is 0 Å². The quantitative estimate of drug-likeness (QED) is 0.408. The zero-order valence-electron chi connectivity index (χ0n) is 3.16. The molecule has 0 heterocycles. The van der Waals surface area contributed by atoms with Crippen LogP contribution in [-0.2, 0) is 0 Å². The van der Waals surface area contributed by atoms with Crippen LogP contribution in [0, 0.1) is 0 Å². The molecule has 0 atom stereocenters. The summed E-state index contributed by atoms with van der Waals surface area (Å²) in [5, 5.41) is 0. The fraction of sp³-hybridized carbons (Fsp3) is 1.00. The van der Waals surface area contributed by atoms with E-state index in [0.717, 1.165) is 0 Å². The van der Waals surface area contributed by atoms with Gasteiger partial charge in [-0.05, 0) is 10.2 Å². The Hall–Kier alpha value is 2.41. The maximum atomic E-state index is 2.41.